The molecule has 1 saturated heterocycles. The second-order valence-electron chi connectivity index (χ2n) is 6.24. The largest absolute Gasteiger partial charge is 0.459 e. The van der Waals surface area contributed by atoms with Gasteiger partial charge in [-0.25, -0.2) is 0 Å². The van der Waals surface area contributed by atoms with Crippen LogP contribution in [0.15, 0.2) is 27.2 Å². The van der Waals surface area contributed by atoms with Gasteiger partial charge in [0.1, 0.15) is 0 Å². The van der Waals surface area contributed by atoms with Crippen LogP contribution in [0.1, 0.15) is 43.7 Å². The van der Waals surface area contributed by atoms with Crippen molar-refractivity contribution in [2.75, 3.05) is 18.4 Å². The number of likely N-dealkylation sites (tertiary alicyclic amines) is 1. The number of hydrogen-bond acceptors (Lipinski definition) is 7. The Hall–Kier alpha value is -1.87. The first kappa shape index (κ1) is 18.9. The van der Waals surface area contributed by atoms with E-state index in [-0.39, 0.29) is 17.7 Å². The fourth-order valence-corrected chi connectivity index (χ4v) is 4.67. The maximum absolute atomic E-state index is 12.5. The summed E-state index contributed by atoms with van der Waals surface area (Å²) in [5, 5.41) is 12.1. The van der Waals surface area contributed by atoms with Gasteiger partial charge in [0.25, 0.3) is 5.91 Å². The average Bonchev–Trinajstić information content (AvgIpc) is 3.33. The Morgan fingerprint density at radius 3 is 2.85 bits per heavy atom. The number of carbonyl (C=O) groups is 2. The molecule has 0 bridgehead atoms. The predicted octanol–water partition coefficient (Wildman–Crippen LogP) is 3.51. The molecule has 0 unspecified atom stereocenters. The first-order valence-electron chi connectivity index (χ1n) is 8.70. The molecular weight excluding hydrogens is 372 g/mol. The van der Waals surface area contributed by atoms with E-state index in [1.807, 2.05) is 0 Å². The van der Waals surface area contributed by atoms with Crippen molar-refractivity contribution in [1.82, 2.24) is 15.1 Å². The van der Waals surface area contributed by atoms with Gasteiger partial charge < -0.3 is 14.6 Å². The molecule has 26 heavy (non-hydrogen) atoms. The summed E-state index contributed by atoms with van der Waals surface area (Å²) in [5.41, 5.74) is 0. The zero-order valence-electron chi connectivity index (χ0n) is 14.8. The van der Waals surface area contributed by atoms with Gasteiger partial charge in [0.15, 0.2) is 10.1 Å². The summed E-state index contributed by atoms with van der Waals surface area (Å²) >= 11 is 3.07. The third kappa shape index (κ3) is 4.64. The standard InChI is InChI=1S/C17H22N4O3S2/c1-3-11(2)25-17-20-19-16(26-17)18-14(22)12-6-8-21(9-7-12)15(23)13-5-4-10-24-13/h4-5,10-12H,3,6-9H2,1-2H3,(H,18,19,22)/t11-/m0/s1. The molecule has 1 aliphatic rings. The van der Waals surface area contributed by atoms with E-state index >= 15 is 0 Å². The van der Waals surface area contributed by atoms with E-state index in [0.717, 1.165) is 10.8 Å². The Balaban J connectivity index is 1.49. The molecular formula is C17H22N4O3S2. The molecule has 0 radical (unpaired) electrons. The second-order valence-corrected chi connectivity index (χ2v) is 8.91. The fraction of sp³-hybridized carbons (Fsp3) is 0.529. The van der Waals surface area contributed by atoms with Crippen LogP contribution >= 0.6 is 23.1 Å². The monoisotopic (exact) mass is 394 g/mol. The van der Waals surface area contributed by atoms with Crippen molar-refractivity contribution in [2.24, 2.45) is 5.92 Å². The summed E-state index contributed by atoms with van der Waals surface area (Å²) in [4.78, 5) is 26.4. The van der Waals surface area contributed by atoms with Crippen LogP contribution in [0.25, 0.3) is 0 Å². The molecule has 1 fully saturated rings. The highest BCUT2D eigenvalue weighted by Gasteiger charge is 2.29. The van der Waals surface area contributed by atoms with Crippen molar-refractivity contribution >= 4 is 40.0 Å². The van der Waals surface area contributed by atoms with Gasteiger partial charge in [-0.15, -0.1) is 10.2 Å². The van der Waals surface area contributed by atoms with Gasteiger partial charge in [-0.2, -0.15) is 0 Å². The highest BCUT2D eigenvalue weighted by Crippen LogP contribution is 2.30. The molecule has 140 valence electrons. The lowest BCUT2D eigenvalue weighted by Gasteiger charge is -2.30. The molecule has 2 aromatic rings. The number of furan rings is 1. The SMILES string of the molecule is CC[C@H](C)Sc1nnc(NC(=O)C2CCN(C(=O)c3ccco3)CC2)s1. The molecule has 2 aromatic heterocycles. The maximum Gasteiger partial charge on any atom is 0.289 e. The molecule has 1 aliphatic heterocycles. The van der Waals surface area contributed by atoms with Crippen LogP contribution in [0.3, 0.4) is 0 Å². The van der Waals surface area contributed by atoms with E-state index in [0.29, 0.717) is 42.1 Å². The van der Waals surface area contributed by atoms with Crippen LogP contribution in [-0.4, -0.2) is 45.3 Å². The molecule has 0 aromatic carbocycles. The lowest BCUT2D eigenvalue weighted by molar-refractivity contribution is -0.121. The number of rotatable bonds is 6. The van der Waals surface area contributed by atoms with E-state index < -0.39 is 0 Å². The van der Waals surface area contributed by atoms with Gasteiger partial charge in [-0.05, 0) is 31.4 Å². The Bertz CT molecular complexity index is 739. The minimum absolute atomic E-state index is 0.0497. The zero-order chi connectivity index (χ0) is 18.5. The average molecular weight is 395 g/mol. The number of anilines is 1. The van der Waals surface area contributed by atoms with Crippen LogP contribution in [0.2, 0.25) is 0 Å². The molecule has 0 aliphatic carbocycles. The van der Waals surface area contributed by atoms with Gasteiger partial charge >= 0.3 is 0 Å². The van der Waals surface area contributed by atoms with Crippen LogP contribution in [0, 0.1) is 5.92 Å². The highest BCUT2D eigenvalue weighted by atomic mass is 32.2. The molecule has 7 nitrogen and oxygen atoms in total. The van der Waals surface area contributed by atoms with E-state index in [1.54, 1.807) is 28.8 Å². The van der Waals surface area contributed by atoms with Crippen molar-refractivity contribution in [2.45, 2.75) is 42.7 Å². The van der Waals surface area contributed by atoms with E-state index in [1.165, 1.54) is 17.6 Å². The highest BCUT2D eigenvalue weighted by molar-refractivity contribution is 8.01. The number of thioether (sulfide) groups is 1. The van der Waals surface area contributed by atoms with Crippen molar-refractivity contribution in [3.05, 3.63) is 24.2 Å². The Morgan fingerprint density at radius 1 is 1.42 bits per heavy atom. The number of hydrogen-bond donors (Lipinski definition) is 1. The summed E-state index contributed by atoms with van der Waals surface area (Å²) in [5.74, 6) is 0.0503. The normalized spacial score (nSPS) is 16.5. The lowest BCUT2D eigenvalue weighted by atomic mass is 9.96. The van der Waals surface area contributed by atoms with Gasteiger partial charge in [0.05, 0.1) is 6.26 Å². The summed E-state index contributed by atoms with van der Waals surface area (Å²) in [7, 11) is 0. The summed E-state index contributed by atoms with van der Waals surface area (Å²) in [6, 6.07) is 3.36. The topological polar surface area (TPSA) is 88.3 Å². The second kappa shape index (κ2) is 8.68. The molecule has 2 amide bonds. The first-order valence-corrected chi connectivity index (χ1v) is 10.4. The third-order valence-electron chi connectivity index (χ3n) is 4.40. The molecule has 0 spiro atoms. The fourth-order valence-electron chi connectivity index (χ4n) is 2.67. The van der Waals surface area contributed by atoms with Crippen LogP contribution in [-0.2, 0) is 4.79 Å². The van der Waals surface area contributed by atoms with Crippen molar-refractivity contribution in [3.63, 3.8) is 0 Å². The molecule has 9 heteroatoms. The molecule has 0 saturated carbocycles. The number of amides is 2. The molecule has 1 atom stereocenters. The van der Waals surface area contributed by atoms with Crippen molar-refractivity contribution in [3.8, 4) is 0 Å². The van der Waals surface area contributed by atoms with Crippen LogP contribution < -0.4 is 5.32 Å². The van der Waals surface area contributed by atoms with E-state index in [2.05, 4.69) is 29.4 Å². The molecule has 3 rings (SSSR count). The van der Waals surface area contributed by atoms with Gasteiger partial charge in [-0.3, -0.25) is 9.59 Å². The van der Waals surface area contributed by atoms with Gasteiger partial charge in [0.2, 0.25) is 11.0 Å². The van der Waals surface area contributed by atoms with Crippen LogP contribution in [0.4, 0.5) is 5.13 Å². The zero-order valence-corrected chi connectivity index (χ0v) is 16.4. The Kier molecular flexibility index (Phi) is 6.31. The van der Waals surface area contributed by atoms with Gasteiger partial charge in [-0.1, -0.05) is 36.9 Å². The Morgan fingerprint density at radius 2 is 2.19 bits per heavy atom. The number of nitrogens with zero attached hydrogens (tertiary/aromatic N) is 3. The third-order valence-corrected chi connectivity index (χ3v) is 6.59. The number of aromatic nitrogens is 2. The summed E-state index contributed by atoms with van der Waals surface area (Å²) < 4.78 is 6.02. The quantitative estimate of drug-likeness (QED) is 0.596. The number of nitrogens with one attached hydrogen (secondary N) is 1. The first-order chi connectivity index (χ1) is 12.6. The summed E-state index contributed by atoms with van der Waals surface area (Å²) in [6.45, 7) is 5.36. The number of piperidine rings is 1. The van der Waals surface area contributed by atoms with Gasteiger partial charge in [0, 0.05) is 24.3 Å². The van der Waals surface area contributed by atoms with Crippen LogP contribution in [0.5, 0.6) is 0 Å². The molecule has 1 N–H and O–H groups in total. The smallest absolute Gasteiger partial charge is 0.289 e. The minimum Gasteiger partial charge on any atom is -0.459 e. The lowest BCUT2D eigenvalue weighted by Crippen LogP contribution is -2.41. The predicted molar refractivity (Wildman–Crippen MR) is 101 cm³/mol. The molecule has 3 heterocycles. The minimum atomic E-state index is -0.121. The maximum atomic E-state index is 12.5. The van der Waals surface area contributed by atoms with Crippen molar-refractivity contribution < 1.29 is 14.0 Å². The van der Waals surface area contributed by atoms with Crippen molar-refractivity contribution in [1.29, 1.82) is 0 Å². The summed E-state index contributed by atoms with van der Waals surface area (Å²) in [6.07, 6.45) is 3.81. The Labute approximate surface area is 160 Å². The van der Waals surface area contributed by atoms with E-state index in [9.17, 15) is 9.59 Å². The van der Waals surface area contributed by atoms with E-state index in [4.69, 9.17) is 4.42 Å². The number of carbonyl (C=O) groups excluding carboxylic acids is 2.